The molecule has 0 rings (SSSR count). The maximum Gasteiger partial charge on any atom is -0.0201 e. The number of hydrogen-bond donors (Lipinski definition) is 0. The summed E-state index contributed by atoms with van der Waals surface area (Å²) in [6.07, 6.45) is 1.30. The van der Waals surface area contributed by atoms with E-state index in [0.29, 0.717) is 0 Å². The lowest BCUT2D eigenvalue weighted by Gasteiger charge is -2.32. The molecule has 0 heteroatoms. The molecule has 0 spiro atoms. The molecule has 0 radical (unpaired) electrons. The van der Waals surface area contributed by atoms with Crippen LogP contribution >= 0.6 is 0 Å². The zero-order valence-corrected chi connectivity index (χ0v) is 12.0. The van der Waals surface area contributed by atoms with Crippen LogP contribution < -0.4 is 0 Å². The van der Waals surface area contributed by atoms with E-state index < -0.39 is 0 Å². The smallest absolute Gasteiger partial charge is 0.0201 e. The van der Waals surface area contributed by atoms with Crippen LogP contribution in [0.4, 0.5) is 0 Å². The predicted molar refractivity (Wildman–Crippen MR) is 71.0 cm³/mol. The summed E-state index contributed by atoms with van der Waals surface area (Å²) in [5.41, 5.74) is 3.09. The summed E-state index contributed by atoms with van der Waals surface area (Å²) in [6.45, 7) is 18.6. The molecule has 0 aromatic rings. The van der Waals surface area contributed by atoms with Crippen molar-refractivity contribution < 1.29 is 0 Å². The molecule has 0 fully saturated rings. The van der Waals surface area contributed by atoms with Gasteiger partial charge >= 0.3 is 0 Å². The molecule has 3 unspecified atom stereocenters. The SMILES string of the molecule is CCC(C(C)C(C)=C(C)C)C(C)C(C)C. The molecule has 0 amide bonds. The Bertz CT molecular complexity index is 206. The van der Waals surface area contributed by atoms with E-state index in [9.17, 15) is 0 Å². The van der Waals surface area contributed by atoms with Crippen LogP contribution in [0.1, 0.15) is 61.8 Å². The van der Waals surface area contributed by atoms with Crippen LogP contribution in [-0.2, 0) is 0 Å². The summed E-state index contributed by atoms with van der Waals surface area (Å²) < 4.78 is 0. The van der Waals surface area contributed by atoms with Crippen molar-refractivity contribution in [1.29, 1.82) is 0 Å². The first-order valence-corrected chi connectivity index (χ1v) is 6.46. The Morgan fingerprint density at radius 1 is 0.933 bits per heavy atom. The second-order valence-electron chi connectivity index (χ2n) is 5.65. The van der Waals surface area contributed by atoms with Crippen LogP contribution in [0, 0.1) is 23.7 Å². The van der Waals surface area contributed by atoms with E-state index in [1.54, 1.807) is 5.57 Å². The molecule has 0 heterocycles. The normalized spacial score (nSPS) is 17.4. The van der Waals surface area contributed by atoms with Crippen LogP contribution in [0.15, 0.2) is 11.1 Å². The highest BCUT2D eigenvalue weighted by Crippen LogP contribution is 2.34. The van der Waals surface area contributed by atoms with Gasteiger partial charge in [0, 0.05) is 0 Å². The maximum atomic E-state index is 2.41. The van der Waals surface area contributed by atoms with Crippen molar-refractivity contribution in [2.24, 2.45) is 23.7 Å². The van der Waals surface area contributed by atoms with Gasteiger partial charge in [-0.25, -0.2) is 0 Å². The molecule has 3 atom stereocenters. The van der Waals surface area contributed by atoms with Gasteiger partial charge < -0.3 is 0 Å². The van der Waals surface area contributed by atoms with Gasteiger partial charge in [-0.1, -0.05) is 52.2 Å². The van der Waals surface area contributed by atoms with Crippen molar-refractivity contribution in [2.45, 2.75) is 61.8 Å². The van der Waals surface area contributed by atoms with Crippen LogP contribution in [-0.4, -0.2) is 0 Å². The lowest BCUT2D eigenvalue weighted by Crippen LogP contribution is -2.24. The molecule has 0 saturated carbocycles. The van der Waals surface area contributed by atoms with Crippen molar-refractivity contribution in [3.05, 3.63) is 11.1 Å². The topological polar surface area (TPSA) is 0 Å². The third-order valence-electron chi connectivity index (χ3n) is 4.31. The van der Waals surface area contributed by atoms with Gasteiger partial charge in [0.25, 0.3) is 0 Å². The highest BCUT2D eigenvalue weighted by molar-refractivity contribution is 5.11. The molecule has 0 nitrogen and oxygen atoms in total. The Kier molecular flexibility index (Phi) is 6.24. The quantitative estimate of drug-likeness (QED) is 0.540. The van der Waals surface area contributed by atoms with E-state index in [4.69, 9.17) is 0 Å². The Morgan fingerprint density at radius 3 is 1.67 bits per heavy atom. The summed E-state index contributed by atoms with van der Waals surface area (Å²) >= 11 is 0. The molecule has 15 heavy (non-hydrogen) atoms. The van der Waals surface area contributed by atoms with Crippen LogP contribution in [0.25, 0.3) is 0 Å². The molecule has 0 aliphatic rings. The standard InChI is InChI=1S/C15H30/c1-9-15(13(7)11(4)5)14(8)12(6)10(2)3/h11,13-15H,9H2,1-8H3. The van der Waals surface area contributed by atoms with Gasteiger partial charge in [0.05, 0.1) is 0 Å². The van der Waals surface area contributed by atoms with Crippen molar-refractivity contribution >= 4 is 0 Å². The molecule has 0 aromatic carbocycles. The highest BCUT2D eigenvalue weighted by atomic mass is 14.3. The minimum absolute atomic E-state index is 0.734. The van der Waals surface area contributed by atoms with Crippen molar-refractivity contribution in [2.75, 3.05) is 0 Å². The minimum Gasteiger partial charge on any atom is -0.0772 e. The van der Waals surface area contributed by atoms with Gasteiger partial charge in [0.15, 0.2) is 0 Å². The van der Waals surface area contributed by atoms with E-state index in [1.165, 1.54) is 12.0 Å². The minimum atomic E-state index is 0.734. The third kappa shape index (κ3) is 4.01. The first-order valence-electron chi connectivity index (χ1n) is 6.46. The fourth-order valence-electron chi connectivity index (χ4n) is 2.45. The van der Waals surface area contributed by atoms with E-state index in [0.717, 1.165) is 23.7 Å². The molecule has 0 bridgehead atoms. The van der Waals surface area contributed by atoms with Crippen molar-refractivity contribution in [1.82, 2.24) is 0 Å². The Labute approximate surface area is 97.2 Å². The lowest BCUT2D eigenvalue weighted by atomic mass is 9.73. The lowest BCUT2D eigenvalue weighted by molar-refractivity contribution is 0.217. The predicted octanol–water partition coefficient (Wildman–Crippen LogP) is 5.30. The van der Waals surface area contributed by atoms with E-state index in [-0.39, 0.29) is 0 Å². The monoisotopic (exact) mass is 210 g/mol. The van der Waals surface area contributed by atoms with Gasteiger partial charge in [-0.3, -0.25) is 0 Å². The molecule has 0 aromatic heterocycles. The molecule has 0 aliphatic heterocycles. The van der Waals surface area contributed by atoms with E-state index in [2.05, 4.69) is 55.4 Å². The fraction of sp³-hybridized carbons (Fsp3) is 0.867. The first-order chi connectivity index (χ1) is 6.82. The maximum absolute atomic E-state index is 2.41. The summed E-state index contributed by atoms with van der Waals surface area (Å²) in [5, 5.41) is 0. The summed E-state index contributed by atoms with van der Waals surface area (Å²) in [7, 11) is 0. The van der Waals surface area contributed by atoms with Gasteiger partial charge in [-0.05, 0) is 44.4 Å². The van der Waals surface area contributed by atoms with E-state index in [1.807, 2.05) is 0 Å². The highest BCUT2D eigenvalue weighted by Gasteiger charge is 2.25. The largest absolute Gasteiger partial charge is 0.0772 e. The second-order valence-corrected chi connectivity index (χ2v) is 5.65. The Morgan fingerprint density at radius 2 is 1.40 bits per heavy atom. The van der Waals surface area contributed by atoms with Crippen molar-refractivity contribution in [3.63, 3.8) is 0 Å². The average Bonchev–Trinajstić information content (AvgIpc) is 2.16. The number of allylic oxidation sites excluding steroid dienone is 2. The third-order valence-corrected chi connectivity index (χ3v) is 4.31. The summed E-state index contributed by atoms with van der Waals surface area (Å²) in [5.74, 6) is 3.18. The van der Waals surface area contributed by atoms with E-state index >= 15 is 0 Å². The zero-order chi connectivity index (χ0) is 12.2. The molecule has 0 saturated heterocycles. The Balaban J connectivity index is 4.76. The summed E-state index contributed by atoms with van der Waals surface area (Å²) in [4.78, 5) is 0. The molecule has 90 valence electrons. The fourth-order valence-corrected chi connectivity index (χ4v) is 2.45. The van der Waals surface area contributed by atoms with Crippen LogP contribution in [0.2, 0.25) is 0 Å². The molecular formula is C15H30. The van der Waals surface area contributed by atoms with Crippen LogP contribution in [0.5, 0.6) is 0 Å². The van der Waals surface area contributed by atoms with Gasteiger partial charge in [-0.2, -0.15) is 0 Å². The van der Waals surface area contributed by atoms with Gasteiger partial charge in [0.1, 0.15) is 0 Å². The van der Waals surface area contributed by atoms with Gasteiger partial charge in [0.2, 0.25) is 0 Å². The zero-order valence-electron chi connectivity index (χ0n) is 12.0. The van der Waals surface area contributed by atoms with Gasteiger partial charge in [-0.15, -0.1) is 0 Å². The average molecular weight is 210 g/mol. The molecule has 0 aliphatic carbocycles. The summed E-state index contributed by atoms with van der Waals surface area (Å²) in [6, 6.07) is 0. The number of hydrogen-bond acceptors (Lipinski definition) is 0. The Hall–Kier alpha value is -0.260. The van der Waals surface area contributed by atoms with Crippen LogP contribution in [0.3, 0.4) is 0 Å². The molecule has 0 N–H and O–H groups in total. The molecular weight excluding hydrogens is 180 g/mol. The number of rotatable bonds is 5. The van der Waals surface area contributed by atoms with Crippen molar-refractivity contribution in [3.8, 4) is 0 Å². The second kappa shape index (κ2) is 6.35. The first kappa shape index (κ1) is 14.7.